The number of hydrogen-bond acceptors (Lipinski definition) is 4. The van der Waals surface area contributed by atoms with Crippen molar-refractivity contribution in [1.29, 1.82) is 0 Å². The number of aliphatic hydroxyl groups is 1. The molecule has 8 heteroatoms. The maximum Gasteiger partial charge on any atom is 0.326 e. The fraction of sp³-hybridized carbons (Fsp3) is 0.615. The zero-order valence-electron chi connectivity index (χ0n) is 11.8. The van der Waals surface area contributed by atoms with Crippen molar-refractivity contribution in [1.82, 2.24) is 20.2 Å². The van der Waals surface area contributed by atoms with Crippen molar-refractivity contribution in [3.63, 3.8) is 0 Å². The summed E-state index contributed by atoms with van der Waals surface area (Å²) in [6.07, 6.45) is 3.24. The Morgan fingerprint density at radius 3 is 2.95 bits per heavy atom. The summed E-state index contributed by atoms with van der Waals surface area (Å²) in [5.74, 6) is -0.960. The molecule has 116 valence electrons. The number of aliphatic carboxylic acids is 1. The Balaban J connectivity index is 1.93. The molecule has 2 heterocycles. The number of aliphatic hydroxyl groups excluding tert-OH is 1. The Morgan fingerprint density at radius 1 is 1.62 bits per heavy atom. The third-order valence-electron chi connectivity index (χ3n) is 3.78. The predicted octanol–water partition coefficient (Wildman–Crippen LogP) is -0.182. The van der Waals surface area contributed by atoms with Crippen LogP contribution in [0, 0.1) is 5.92 Å². The number of carboxylic acids is 1. The molecule has 0 aliphatic carbocycles. The maximum atomic E-state index is 12.1. The Bertz CT molecular complexity index is 490. The molecule has 4 N–H and O–H groups in total. The molecule has 2 unspecified atom stereocenters. The van der Waals surface area contributed by atoms with E-state index in [1.54, 1.807) is 0 Å². The van der Waals surface area contributed by atoms with Crippen molar-refractivity contribution in [3.05, 3.63) is 18.2 Å². The highest BCUT2D eigenvalue weighted by Gasteiger charge is 2.29. The van der Waals surface area contributed by atoms with Crippen LogP contribution in [0.2, 0.25) is 0 Å². The Morgan fingerprint density at radius 2 is 2.38 bits per heavy atom. The van der Waals surface area contributed by atoms with Gasteiger partial charge in [-0.15, -0.1) is 0 Å². The summed E-state index contributed by atoms with van der Waals surface area (Å²) in [6, 6.07) is -1.50. The Kier molecular flexibility index (Phi) is 4.79. The molecule has 0 radical (unpaired) electrons. The van der Waals surface area contributed by atoms with Gasteiger partial charge in [0.05, 0.1) is 12.4 Å². The molecule has 21 heavy (non-hydrogen) atoms. The summed E-state index contributed by atoms with van der Waals surface area (Å²) in [5, 5.41) is 21.5. The Hall–Kier alpha value is -2.09. The zero-order valence-corrected chi connectivity index (χ0v) is 11.8. The van der Waals surface area contributed by atoms with E-state index in [9.17, 15) is 19.8 Å². The number of carbonyl (C=O) groups excluding carboxylic acids is 1. The number of aromatic nitrogens is 2. The molecule has 1 aromatic heterocycles. The number of rotatable bonds is 4. The number of carbonyl (C=O) groups is 2. The van der Waals surface area contributed by atoms with Gasteiger partial charge in [0.1, 0.15) is 6.04 Å². The van der Waals surface area contributed by atoms with E-state index in [0.717, 1.165) is 0 Å². The average Bonchev–Trinajstić information content (AvgIpc) is 2.93. The fourth-order valence-electron chi connectivity index (χ4n) is 2.29. The summed E-state index contributed by atoms with van der Waals surface area (Å²) in [4.78, 5) is 31.4. The van der Waals surface area contributed by atoms with Crippen LogP contribution in [0.15, 0.2) is 12.5 Å². The molecule has 0 spiro atoms. The largest absolute Gasteiger partial charge is 0.480 e. The number of carboxylic acid groups (broad SMARTS) is 1. The van der Waals surface area contributed by atoms with Gasteiger partial charge in [0.15, 0.2) is 0 Å². The summed E-state index contributed by atoms with van der Waals surface area (Å²) < 4.78 is 0. The first-order valence-electron chi connectivity index (χ1n) is 6.91. The molecule has 1 aliphatic heterocycles. The van der Waals surface area contributed by atoms with Crippen molar-refractivity contribution in [3.8, 4) is 0 Å². The second kappa shape index (κ2) is 6.57. The number of β-amino-alcohol motifs (C(OH)–C–C–N with tert-alkyl or cyclic N) is 1. The molecule has 8 nitrogen and oxygen atoms in total. The lowest BCUT2D eigenvalue weighted by molar-refractivity contribution is -0.139. The van der Waals surface area contributed by atoms with Crippen molar-refractivity contribution in [2.75, 3.05) is 13.1 Å². The summed E-state index contributed by atoms with van der Waals surface area (Å²) in [7, 11) is 0. The number of aromatic amines is 1. The second-order valence-electron chi connectivity index (χ2n) is 5.40. The topological polar surface area (TPSA) is 119 Å². The smallest absolute Gasteiger partial charge is 0.326 e. The third-order valence-corrected chi connectivity index (χ3v) is 3.78. The summed E-state index contributed by atoms with van der Waals surface area (Å²) in [5.41, 5.74) is 0.634. The van der Waals surface area contributed by atoms with E-state index in [-0.39, 0.29) is 18.9 Å². The molecule has 2 amide bonds. The van der Waals surface area contributed by atoms with Crippen molar-refractivity contribution < 1.29 is 19.8 Å². The SMILES string of the molecule is CC1CCN(C(=O)N[C@H](Cc2cnc[nH]2)C(=O)O)CC1O. The highest BCUT2D eigenvalue weighted by molar-refractivity contribution is 5.82. The van der Waals surface area contributed by atoms with Crippen molar-refractivity contribution in [2.24, 2.45) is 5.92 Å². The minimum absolute atomic E-state index is 0.133. The standard InChI is InChI=1S/C13H20N4O4/c1-8-2-3-17(6-11(8)18)13(21)16-10(12(19)20)4-9-5-14-7-15-9/h5,7-8,10-11,18H,2-4,6H2,1H3,(H,14,15)(H,16,21)(H,19,20)/t8?,10-,11?/m1/s1. The van der Waals surface area contributed by atoms with Gasteiger partial charge in [-0.2, -0.15) is 0 Å². The van der Waals surface area contributed by atoms with E-state index in [1.807, 2.05) is 6.92 Å². The summed E-state index contributed by atoms with van der Waals surface area (Å²) >= 11 is 0. The van der Waals surface area contributed by atoms with E-state index < -0.39 is 24.1 Å². The van der Waals surface area contributed by atoms with Gasteiger partial charge in [-0.3, -0.25) is 0 Å². The monoisotopic (exact) mass is 296 g/mol. The first-order chi connectivity index (χ1) is 9.97. The molecule has 2 rings (SSSR count). The molecule has 1 aromatic rings. The number of imidazole rings is 1. The molecule has 1 fully saturated rings. The van der Waals surface area contributed by atoms with E-state index >= 15 is 0 Å². The number of hydrogen-bond donors (Lipinski definition) is 4. The van der Waals surface area contributed by atoms with E-state index in [0.29, 0.717) is 18.7 Å². The second-order valence-corrected chi connectivity index (χ2v) is 5.40. The minimum atomic E-state index is -1.11. The lowest BCUT2D eigenvalue weighted by Gasteiger charge is -2.34. The van der Waals surface area contributed by atoms with Crippen LogP contribution in [0.25, 0.3) is 0 Å². The molecule has 0 aromatic carbocycles. The zero-order chi connectivity index (χ0) is 15.4. The molecular formula is C13H20N4O4. The van der Waals surface area contributed by atoms with Crippen molar-refractivity contribution in [2.45, 2.75) is 31.9 Å². The molecular weight excluding hydrogens is 276 g/mol. The molecule has 0 saturated carbocycles. The van der Waals surface area contributed by atoms with Crippen LogP contribution < -0.4 is 5.32 Å². The third kappa shape index (κ3) is 3.94. The van der Waals surface area contributed by atoms with E-state index in [4.69, 9.17) is 0 Å². The number of urea groups is 1. The number of nitrogens with zero attached hydrogens (tertiary/aromatic N) is 2. The lowest BCUT2D eigenvalue weighted by Crippen LogP contribution is -2.53. The van der Waals surface area contributed by atoms with Crippen LogP contribution in [0.3, 0.4) is 0 Å². The van der Waals surface area contributed by atoms with Crippen molar-refractivity contribution >= 4 is 12.0 Å². The molecule has 1 aliphatic rings. The quantitative estimate of drug-likeness (QED) is 0.614. The first-order valence-corrected chi connectivity index (χ1v) is 6.91. The molecule has 0 bridgehead atoms. The van der Waals surface area contributed by atoms with Gasteiger partial charge >= 0.3 is 12.0 Å². The number of H-pyrrole nitrogens is 1. The average molecular weight is 296 g/mol. The van der Waals surface area contributed by atoms with E-state index in [1.165, 1.54) is 17.4 Å². The number of amides is 2. The minimum Gasteiger partial charge on any atom is -0.480 e. The Labute approximate surface area is 122 Å². The van der Waals surface area contributed by atoms with Gasteiger partial charge in [-0.25, -0.2) is 14.6 Å². The highest BCUT2D eigenvalue weighted by Crippen LogP contribution is 2.17. The van der Waals surface area contributed by atoms with Crippen LogP contribution in [0.5, 0.6) is 0 Å². The number of likely N-dealkylation sites (tertiary alicyclic amines) is 1. The normalized spacial score (nSPS) is 23.6. The van der Waals surface area contributed by atoms with Crippen LogP contribution in [-0.2, 0) is 11.2 Å². The van der Waals surface area contributed by atoms with Gasteiger partial charge in [-0.05, 0) is 12.3 Å². The number of piperidine rings is 1. The van der Waals surface area contributed by atoms with Gasteiger partial charge in [-0.1, -0.05) is 6.92 Å². The van der Waals surface area contributed by atoms with Gasteiger partial charge in [0, 0.05) is 31.4 Å². The van der Waals surface area contributed by atoms with Crippen LogP contribution in [0.1, 0.15) is 19.0 Å². The highest BCUT2D eigenvalue weighted by atomic mass is 16.4. The van der Waals surface area contributed by atoms with Gasteiger partial charge in [0.2, 0.25) is 0 Å². The summed E-state index contributed by atoms with van der Waals surface area (Å²) in [6.45, 7) is 2.67. The van der Waals surface area contributed by atoms with E-state index in [2.05, 4.69) is 15.3 Å². The maximum absolute atomic E-state index is 12.1. The first kappa shape index (κ1) is 15.3. The van der Waals surface area contributed by atoms with Crippen LogP contribution in [-0.4, -0.2) is 62.3 Å². The predicted molar refractivity (Wildman–Crippen MR) is 73.6 cm³/mol. The molecule has 1 saturated heterocycles. The van der Waals surface area contributed by atoms with Gasteiger partial charge in [0.25, 0.3) is 0 Å². The van der Waals surface area contributed by atoms with Gasteiger partial charge < -0.3 is 25.4 Å². The fourth-order valence-corrected chi connectivity index (χ4v) is 2.29. The lowest BCUT2D eigenvalue weighted by atomic mass is 9.96. The number of nitrogens with one attached hydrogen (secondary N) is 2. The molecule has 3 atom stereocenters. The van der Waals surface area contributed by atoms with Crippen LogP contribution >= 0.6 is 0 Å². The van der Waals surface area contributed by atoms with Crippen LogP contribution in [0.4, 0.5) is 4.79 Å².